The van der Waals surface area contributed by atoms with Crippen LogP contribution in [0.3, 0.4) is 0 Å². The molecule has 1 atom stereocenters. The monoisotopic (exact) mass is 309 g/mol. The Morgan fingerprint density at radius 3 is 3.14 bits per heavy atom. The minimum absolute atomic E-state index is 0.0598. The highest BCUT2D eigenvalue weighted by Crippen LogP contribution is 2.22. The lowest BCUT2D eigenvalue weighted by Crippen LogP contribution is -2.49. The van der Waals surface area contributed by atoms with Crippen molar-refractivity contribution in [1.82, 2.24) is 4.90 Å². The van der Waals surface area contributed by atoms with Gasteiger partial charge in [-0.15, -0.1) is 11.3 Å². The second-order valence-corrected chi connectivity index (χ2v) is 5.54. The quantitative estimate of drug-likeness (QED) is 0.831. The number of carboxylic acids is 1. The maximum atomic E-state index is 12.0. The summed E-state index contributed by atoms with van der Waals surface area (Å²) in [6.07, 6.45) is -0.0598. The zero-order valence-electron chi connectivity index (χ0n) is 11.2. The number of carboxylic acid groups (broad SMARTS) is 1. The van der Waals surface area contributed by atoms with Gasteiger partial charge in [0.15, 0.2) is 0 Å². The first kappa shape index (κ1) is 15.4. The maximum absolute atomic E-state index is 12.0. The van der Waals surface area contributed by atoms with Crippen LogP contribution in [0.15, 0.2) is 11.4 Å². The molecule has 1 aliphatic heterocycles. The Bertz CT molecular complexity index is 566. The molecule has 7 nitrogen and oxygen atoms in total. The van der Waals surface area contributed by atoms with E-state index in [1.807, 2.05) is 6.07 Å². The van der Waals surface area contributed by atoms with Crippen LogP contribution in [0.4, 0.5) is 5.00 Å². The van der Waals surface area contributed by atoms with Crippen LogP contribution in [-0.2, 0) is 14.3 Å². The molecule has 1 unspecified atom stereocenters. The Morgan fingerprint density at radius 2 is 2.43 bits per heavy atom. The average Bonchev–Trinajstić information content (AvgIpc) is 2.87. The number of morpholine rings is 1. The third kappa shape index (κ3) is 4.26. The van der Waals surface area contributed by atoms with E-state index >= 15 is 0 Å². The highest BCUT2D eigenvalue weighted by Gasteiger charge is 2.27. The zero-order chi connectivity index (χ0) is 15.2. The number of amides is 1. The molecule has 1 aromatic rings. The maximum Gasteiger partial charge on any atom is 0.305 e. The van der Waals surface area contributed by atoms with E-state index in [0.717, 1.165) is 0 Å². The van der Waals surface area contributed by atoms with Gasteiger partial charge in [-0.1, -0.05) is 0 Å². The summed E-state index contributed by atoms with van der Waals surface area (Å²) >= 11 is 1.28. The van der Waals surface area contributed by atoms with Gasteiger partial charge in [-0.05, 0) is 11.4 Å². The third-order valence-electron chi connectivity index (χ3n) is 3.15. The zero-order valence-corrected chi connectivity index (χ0v) is 12.1. The van der Waals surface area contributed by atoms with Crippen molar-refractivity contribution in [2.45, 2.75) is 12.5 Å². The molecule has 2 heterocycles. The summed E-state index contributed by atoms with van der Waals surface area (Å²) in [5.74, 6) is -1.17. The third-order valence-corrected chi connectivity index (χ3v) is 3.97. The van der Waals surface area contributed by atoms with Crippen LogP contribution in [0.25, 0.3) is 0 Å². The van der Waals surface area contributed by atoms with E-state index in [9.17, 15) is 9.59 Å². The second-order valence-electron chi connectivity index (χ2n) is 4.62. The molecule has 0 saturated carbocycles. The molecule has 0 spiro atoms. The fourth-order valence-corrected chi connectivity index (χ4v) is 2.89. The molecule has 8 heteroatoms. The lowest BCUT2D eigenvalue weighted by Gasteiger charge is -2.34. The number of carbonyl (C=O) groups excluding carboxylic acids is 1. The molecule has 0 radical (unpaired) electrons. The van der Waals surface area contributed by atoms with Gasteiger partial charge < -0.3 is 15.2 Å². The number of rotatable bonds is 5. The molecular weight excluding hydrogens is 294 g/mol. The number of aliphatic carboxylic acids is 1. The van der Waals surface area contributed by atoms with Crippen molar-refractivity contribution in [2.75, 3.05) is 31.6 Å². The number of nitriles is 1. The molecule has 1 saturated heterocycles. The summed E-state index contributed by atoms with van der Waals surface area (Å²) in [7, 11) is 0. The molecule has 1 aliphatic rings. The van der Waals surface area contributed by atoms with Crippen LogP contribution in [0, 0.1) is 11.3 Å². The lowest BCUT2D eigenvalue weighted by atomic mass is 10.1. The molecule has 2 rings (SSSR count). The van der Waals surface area contributed by atoms with Crippen LogP contribution >= 0.6 is 11.3 Å². The Hall–Kier alpha value is -1.95. The van der Waals surface area contributed by atoms with Gasteiger partial charge in [0.25, 0.3) is 0 Å². The highest BCUT2D eigenvalue weighted by atomic mass is 32.1. The number of carbonyl (C=O) groups is 2. The van der Waals surface area contributed by atoms with Crippen LogP contribution < -0.4 is 5.32 Å². The van der Waals surface area contributed by atoms with E-state index in [1.165, 1.54) is 11.3 Å². The summed E-state index contributed by atoms with van der Waals surface area (Å²) in [4.78, 5) is 24.7. The van der Waals surface area contributed by atoms with Crippen molar-refractivity contribution in [1.29, 1.82) is 5.26 Å². The van der Waals surface area contributed by atoms with Gasteiger partial charge in [0, 0.05) is 12.6 Å². The van der Waals surface area contributed by atoms with Crippen LogP contribution in [0.5, 0.6) is 0 Å². The molecule has 1 fully saturated rings. The number of nitrogens with one attached hydrogen (secondary N) is 1. The Morgan fingerprint density at radius 1 is 1.62 bits per heavy atom. The van der Waals surface area contributed by atoms with Crippen molar-refractivity contribution < 1.29 is 19.4 Å². The summed E-state index contributed by atoms with van der Waals surface area (Å²) in [6, 6.07) is 3.34. The first-order valence-corrected chi connectivity index (χ1v) is 7.29. The minimum atomic E-state index is -0.916. The normalized spacial score (nSPS) is 18.9. The average molecular weight is 309 g/mol. The Balaban J connectivity index is 1.94. The lowest BCUT2D eigenvalue weighted by molar-refractivity contribution is -0.141. The molecule has 0 aromatic carbocycles. The fraction of sp³-hybridized carbons (Fsp3) is 0.462. The van der Waals surface area contributed by atoms with E-state index in [1.54, 1.807) is 16.3 Å². The SMILES string of the molecule is N#Cc1ccsc1NC(=O)CN1CCOCC1CC(=O)O. The predicted octanol–water partition coefficient (Wildman–Crippen LogP) is 0.734. The molecule has 112 valence electrons. The number of anilines is 1. The summed E-state index contributed by atoms with van der Waals surface area (Å²) < 4.78 is 5.26. The minimum Gasteiger partial charge on any atom is -0.481 e. The smallest absolute Gasteiger partial charge is 0.305 e. The molecule has 0 aliphatic carbocycles. The van der Waals surface area contributed by atoms with Crippen molar-refractivity contribution in [3.05, 3.63) is 17.0 Å². The highest BCUT2D eigenvalue weighted by molar-refractivity contribution is 7.14. The molecule has 1 aromatic heterocycles. The molecule has 0 bridgehead atoms. The number of ether oxygens (including phenoxy) is 1. The van der Waals surface area contributed by atoms with Gasteiger partial charge in [-0.3, -0.25) is 14.5 Å². The Labute approximate surface area is 125 Å². The predicted molar refractivity (Wildman–Crippen MR) is 76.1 cm³/mol. The van der Waals surface area contributed by atoms with Crippen molar-refractivity contribution >= 4 is 28.2 Å². The first-order chi connectivity index (χ1) is 10.1. The molecule has 1 amide bonds. The van der Waals surface area contributed by atoms with Crippen LogP contribution in [0.2, 0.25) is 0 Å². The topological polar surface area (TPSA) is 103 Å². The van der Waals surface area contributed by atoms with Gasteiger partial charge in [0.1, 0.15) is 11.1 Å². The Kier molecular flexibility index (Phi) is 5.27. The fourth-order valence-electron chi connectivity index (χ4n) is 2.13. The van der Waals surface area contributed by atoms with Crippen molar-refractivity contribution in [3.63, 3.8) is 0 Å². The first-order valence-electron chi connectivity index (χ1n) is 6.41. The number of thiophene rings is 1. The van der Waals surface area contributed by atoms with Crippen molar-refractivity contribution in [3.8, 4) is 6.07 Å². The standard InChI is InChI=1S/C13H15N3O4S/c14-6-9-1-4-21-13(9)15-11(17)7-16-2-3-20-8-10(16)5-12(18)19/h1,4,10H,2-3,5,7-8H2,(H,15,17)(H,18,19). The number of hydrogen-bond donors (Lipinski definition) is 2. The number of nitrogens with zero attached hydrogens (tertiary/aromatic N) is 2. The molecule has 21 heavy (non-hydrogen) atoms. The van der Waals surface area contributed by atoms with Crippen LogP contribution in [0.1, 0.15) is 12.0 Å². The summed E-state index contributed by atoms with van der Waals surface area (Å²) in [6.45, 7) is 1.39. The van der Waals surface area contributed by atoms with Crippen LogP contribution in [-0.4, -0.2) is 54.2 Å². The van der Waals surface area contributed by atoms with E-state index in [2.05, 4.69) is 5.32 Å². The van der Waals surface area contributed by atoms with Gasteiger partial charge in [0.05, 0.1) is 31.7 Å². The molecule has 2 N–H and O–H groups in total. The van der Waals surface area contributed by atoms with Gasteiger partial charge in [0.2, 0.25) is 5.91 Å². The van der Waals surface area contributed by atoms with Gasteiger partial charge in [-0.2, -0.15) is 5.26 Å². The van der Waals surface area contributed by atoms with E-state index in [0.29, 0.717) is 30.3 Å². The summed E-state index contributed by atoms with van der Waals surface area (Å²) in [5, 5.41) is 22.7. The van der Waals surface area contributed by atoms with E-state index in [-0.39, 0.29) is 24.9 Å². The second kappa shape index (κ2) is 7.17. The largest absolute Gasteiger partial charge is 0.481 e. The van der Waals surface area contributed by atoms with Gasteiger partial charge in [-0.25, -0.2) is 0 Å². The van der Waals surface area contributed by atoms with E-state index in [4.69, 9.17) is 15.1 Å². The number of hydrogen-bond acceptors (Lipinski definition) is 6. The summed E-state index contributed by atoms with van der Waals surface area (Å²) in [5.41, 5.74) is 0.428. The van der Waals surface area contributed by atoms with E-state index < -0.39 is 5.97 Å². The van der Waals surface area contributed by atoms with Crippen molar-refractivity contribution in [2.24, 2.45) is 0 Å². The molecular formula is C13H15N3O4S. The van der Waals surface area contributed by atoms with Gasteiger partial charge >= 0.3 is 5.97 Å².